The first-order chi connectivity index (χ1) is 14.3. The van der Waals surface area contributed by atoms with Crippen molar-refractivity contribution in [2.24, 2.45) is 5.10 Å². The summed E-state index contributed by atoms with van der Waals surface area (Å²) in [6, 6.07) is 4.82. The number of nitrogens with one attached hydrogen (secondary N) is 1. The van der Waals surface area contributed by atoms with E-state index in [1.54, 1.807) is 18.2 Å². The van der Waals surface area contributed by atoms with Crippen molar-refractivity contribution in [1.82, 2.24) is 5.43 Å². The molecule has 0 heterocycles. The Balaban J connectivity index is 2.28. The van der Waals surface area contributed by atoms with Crippen LogP contribution in [0.2, 0.25) is 10.0 Å². The molecule has 0 saturated heterocycles. The van der Waals surface area contributed by atoms with Gasteiger partial charge in [-0.25, -0.2) is 5.43 Å². The van der Waals surface area contributed by atoms with E-state index in [0.717, 1.165) is 6.07 Å². The van der Waals surface area contributed by atoms with E-state index in [-0.39, 0.29) is 33.5 Å². The van der Waals surface area contributed by atoms with Crippen LogP contribution in [-0.2, 0) is 6.61 Å². The molecule has 0 aliphatic carbocycles. The molecule has 0 bridgehead atoms. The number of ether oxygens (including phenoxy) is 1. The Hall–Kier alpha value is -2.71. The van der Waals surface area contributed by atoms with Gasteiger partial charge in [-0.3, -0.25) is 0 Å². The fourth-order valence-corrected chi connectivity index (χ4v) is 2.73. The topological polar surface area (TPSA) is 57.4 Å². The van der Waals surface area contributed by atoms with Crippen molar-refractivity contribution < 1.29 is 35.5 Å². The zero-order valence-electron chi connectivity index (χ0n) is 15.0. The number of hydrazone groups is 1. The Morgan fingerprint density at radius 2 is 1.71 bits per heavy atom. The molecule has 0 unspecified atom stereocenters. The largest absolute Gasteiger partial charge is 0.487 e. The summed E-state index contributed by atoms with van der Waals surface area (Å²) in [5, 5.41) is 11.7. The van der Waals surface area contributed by atoms with Crippen LogP contribution in [0.5, 0.6) is 5.75 Å². The van der Waals surface area contributed by atoms with Gasteiger partial charge in [0.2, 0.25) is 0 Å². The van der Waals surface area contributed by atoms with Crippen LogP contribution in [0.25, 0.3) is 0 Å². The third-order valence-corrected chi connectivity index (χ3v) is 4.20. The maximum absolute atomic E-state index is 13.3. The van der Waals surface area contributed by atoms with Crippen molar-refractivity contribution in [2.75, 3.05) is 0 Å². The summed E-state index contributed by atoms with van der Waals surface area (Å²) in [6.45, 7) is -0.207. The number of nitrogens with zero attached hydrogens (tertiary/aromatic N) is 2. The van der Waals surface area contributed by atoms with Gasteiger partial charge in [0.1, 0.15) is 12.4 Å². The van der Waals surface area contributed by atoms with Crippen molar-refractivity contribution in [1.29, 1.82) is 5.26 Å². The van der Waals surface area contributed by atoms with Crippen molar-refractivity contribution in [3.63, 3.8) is 0 Å². The summed E-state index contributed by atoms with van der Waals surface area (Å²) in [7, 11) is 0. The highest BCUT2D eigenvalue weighted by molar-refractivity contribution is 6.36. The predicted molar refractivity (Wildman–Crippen MR) is 98.6 cm³/mol. The summed E-state index contributed by atoms with van der Waals surface area (Å²) >= 11 is 11.8. The number of hydrogen-bond donors (Lipinski definition) is 1. The Kier molecular flexibility index (Phi) is 7.28. The van der Waals surface area contributed by atoms with Crippen molar-refractivity contribution in [2.45, 2.75) is 24.8 Å². The minimum Gasteiger partial charge on any atom is -0.487 e. The molecule has 31 heavy (non-hydrogen) atoms. The molecule has 0 atom stereocenters. The molecule has 2 rings (SSSR count). The quantitative estimate of drug-likeness (QED) is 0.220. The van der Waals surface area contributed by atoms with Crippen LogP contribution in [0, 0.1) is 11.3 Å². The average Bonchev–Trinajstić information content (AvgIpc) is 2.66. The first-order valence-electron chi connectivity index (χ1n) is 8.02. The maximum atomic E-state index is 13.3. The summed E-state index contributed by atoms with van der Waals surface area (Å²) < 4.78 is 94.4. The molecular weight excluding hydrogens is 478 g/mol. The summed E-state index contributed by atoms with van der Waals surface area (Å²) in [5.41, 5.74) is 1.01. The van der Waals surface area contributed by atoms with Gasteiger partial charge in [0.05, 0.1) is 22.9 Å². The van der Waals surface area contributed by atoms with Crippen LogP contribution in [0.15, 0.2) is 41.5 Å². The SMILES string of the molecule is N#Cc1ccccc1COc1c(Cl)cc(Cl)cc1/C=N\NC(F)(F)C(F)(F)C(F)(F)F. The minimum atomic E-state index is -6.51. The molecule has 2 aromatic carbocycles. The molecule has 1 N–H and O–H groups in total. The zero-order chi connectivity index (χ0) is 23.4. The van der Waals surface area contributed by atoms with E-state index in [1.807, 2.05) is 6.07 Å². The molecule has 4 nitrogen and oxygen atoms in total. The molecule has 0 radical (unpaired) electrons. The third kappa shape index (κ3) is 5.51. The molecule has 0 fully saturated rings. The maximum Gasteiger partial charge on any atom is 0.462 e. The van der Waals surface area contributed by atoms with E-state index < -0.39 is 18.1 Å². The number of hydrogen-bond acceptors (Lipinski definition) is 4. The lowest BCUT2D eigenvalue weighted by Gasteiger charge is -2.27. The fourth-order valence-electron chi connectivity index (χ4n) is 2.16. The van der Waals surface area contributed by atoms with Crippen molar-refractivity contribution >= 4 is 29.4 Å². The van der Waals surface area contributed by atoms with Gasteiger partial charge in [-0.15, -0.1) is 0 Å². The second-order valence-electron chi connectivity index (χ2n) is 5.88. The van der Waals surface area contributed by atoms with Crippen LogP contribution in [0.4, 0.5) is 30.7 Å². The van der Waals surface area contributed by atoms with E-state index in [4.69, 9.17) is 33.2 Å². The number of benzene rings is 2. The van der Waals surface area contributed by atoms with Crippen LogP contribution in [-0.4, -0.2) is 24.4 Å². The molecule has 0 amide bonds. The normalized spacial score (nSPS) is 12.6. The molecule has 166 valence electrons. The monoisotopic (exact) mass is 487 g/mol. The first kappa shape index (κ1) is 24.6. The molecular formula is C18H10Cl2F7N3O. The van der Waals surface area contributed by atoms with Crippen LogP contribution in [0.1, 0.15) is 16.7 Å². The predicted octanol–water partition coefficient (Wildman–Crippen LogP) is 6.16. The minimum absolute atomic E-state index is 0.0244. The van der Waals surface area contributed by atoms with E-state index >= 15 is 0 Å². The van der Waals surface area contributed by atoms with Crippen LogP contribution >= 0.6 is 23.2 Å². The van der Waals surface area contributed by atoms with Crippen molar-refractivity contribution in [3.8, 4) is 11.8 Å². The van der Waals surface area contributed by atoms with Gasteiger partial charge in [-0.1, -0.05) is 41.4 Å². The van der Waals surface area contributed by atoms with Crippen LogP contribution < -0.4 is 10.2 Å². The van der Waals surface area contributed by atoms with Crippen molar-refractivity contribution in [3.05, 3.63) is 63.1 Å². The smallest absolute Gasteiger partial charge is 0.462 e. The van der Waals surface area contributed by atoms with Gasteiger partial charge in [0, 0.05) is 16.1 Å². The number of rotatable bonds is 7. The number of alkyl halides is 7. The number of nitriles is 1. The van der Waals surface area contributed by atoms with Gasteiger partial charge in [0.15, 0.2) is 0 Å². The molecule has 0 aliphatic heterocycles. The number of halogens is 9. The highest BCUT2D eigenvalue weighted by Gasteiger charge is 2.73. The van der Waals surface area contributed by atoms with Crippen LogP contribution in [0.3, 0.4) is 0 Å². The standard InChI is InChI=1S/C18H10Cl2F7N3O/c19-13-5-12(8-29-30-18(26,27)16(21,22)17(23,24)25)15(14(20)6-13)31-9-11-4-2-1-3-10(11)7-28/h1-6,8,30H,9H2/b29-8-. The van der Waals surface area contributed by atoms with Gasteiger partial charge >= 0.3 is 18.1 Å². The second-order valence-corrected chi connectivity index (χ2v) is 6.72. The Morgan fingerprint density at radius 1 is 1.06 bits per heavy atom. The molecule has 13 heteroatoms. The highest BCUT2D eigenvalue weighted by Crippen LogP contribution is 2.45. The summed E-state index contributed by atoms with van der Waals surface area (Å²) in [4.78, 5) is 0. The van der Waals surface area contributed by atoms with E-state index in [2.05, 4.69) is 5.10 Å². The molecule has 0 saturated carbocycles. The third-order valence-electron chi connectivity index (χ3n) is 3.71. The first-order valence-corrected chi connectivity index (χ1v) is 8.78. The Morgan fingerprint density at radius 3 is 2.32 bits per heavy atom. The lowest BCUT2D eigenvalue weighted by Crippen LogP contribution is -2.58. The van der Waals surface area contributed by atoms with Gasteiger partial charge in [-0.2, -0.15) is 41.1 Å². The Bertz CT molecular complexity index is 1020. The zero-order valence-corrected chi connectivity index (χ0v) is 16.5. The Labute approximate surface area is 180 Å². The highest BCUT2D eigenvalue weighted by atomic mass is 35.5. The second kappa shape index (κ2) is 9.20. The van der Waals surface area contributed by atoms with Gasteiger partial charge < -0.3 is 4.74 Å². The lowest BCUT2D eigenvalue weighted by molar-refractivity contribution is -0.361. The fraction of sp³-hybridized carbons (Fsp3) is 0.222. The lowest BCUT2D eigenvalue weighted by atomic mass is 10.1. The van der Waals surface area contributed by atoms with E-state index in [9.17, 15) is 30.7 Å². The van der Waals surface area contributed by atoms with Gasteiger partial charge in [0.25, 0.3) is 0 Å². The molecule has 2 aromatic rings. The molecule has 0 spiro atoms. The summed E-state index contributed by atoms with van der Waals surface area (Å²) in [6.07, 6.45) is -6.02. The summed E-state index contributed by atoms with van der Waals surface area (Å²) in [5.74, 6) is -6.57. The average molecular weight is 488 g/mol. The molecule has 0 aromatic heterocycles. The van der Waals surface area contributed by atoms with Gasteiger partial charge in [-0.05, 0) is 18.2 Å². The molecule has 0 aliphatic rings. The van der Waals surface area contributed by atoms with E-state index in [1.165, 1.54) is 12.1 Å². The van der Waals surface area contributed by atoms with E-state index in [0.29, 0.717) is 17.2 Å².